The first-order valence-corrected chi connectivity index (χ1v) is 23.9. The molecule has 6 aromatic rings. The van der Waals surface area contributed by atoms with Crippen LogP contribution in [0.2, 0.25) is 0 Å². The molecular formula is C53H54N6O5S. The van der Waals surface area contributed by atoms with E-state index in [9.17, 15) is 28.5 Å². The van der Waals surface area contributed by atoms with Gasteiger partial charge in [-0.1, -0.05) is 74.2 Å². The molecule has 2 aromatic carbocycles. The minimum absolute atomic E-state index is 0.0800. The molecule has 11 nitrogen and oxygen atoms in total. The molecule has 0 saturated heterocycles. The van der Waals surface area contributed by atoms with Crippen LogP contribution >= 0.6 is 0 Å². The van der Waals surface area contributed by atoms with Crippen LogP contribution in [-0.4, -0.2) is 50.7 Å². The third-order valence-electron chi connectivity index (χ3n) is 12.3. The van der Waals surface area contributed by atoms with Gasteiger partial charge in [0.25, 0.3) is 10.1 Å². The summed E-state index contributed by atoms with van der Waals surface area (Å²) in [5.41, 5.74) is 8.85. The van der Waals surface area contributed by atoms with Gasteiger partial charge in [-0.3, -0.25) is 34.1 Å². The molecule has 2 aliphatic carbocycles. The number of hydrogen-bond acceptors (Lipinski definition) is 10. The maximum atomic E-state index is 13.0. The van der Waals surface area contributed by atoms with E-state index in [0.717, 1.165) is 111 Å². The minimum Gasteiger partial charge on any atom is -0.294 e. The number of nitrogens with zero attached hydrogens (tertiary/aromatic N) is 6. The van der Waals surface area contributed by atoms with Crippen LogP contribution in [0.3, 0.4) is 0 Å². The average Bonchev–Trinajstić information content (AvgIpc) is 4.03. The molecule has 4 aromatic heterocycles. The fraction of sp³-hybridized carbons (Fsp3) is 0.321. The fourth-order valence-electron chi connectivity index (χ4n) is 8.74. The van der Waals surface area contributed by atoms with Crippen LogP contribution in [-0.2, 0) is 59.5 Å². The number of carbonyl (C=O) groups is 2. The van der Waals surface area contributed by atoms with Crippen molar-refractivity contribution in [2.24, 2.45) is 0 Å². The van der Waals surface area contributed by atoms with Gasteiger partial charge in [0.2, 0.25) is 0 Å². The second-order valence-corrected chi connectivity index (χ2v) is 18.3. The highest BCUT2D eigenvalue weighted by atomic mass is 32.2. The molecule has 0 bridgehead atoms. The van der Waals surface area contributed by atoms with Gasteiger partial charge in [-0.15, -0.1) is 0 Å². The van der Waals surface area contributed by atoms with Crippen LogP contribution in [0.1, 0.15) is 117 Å². The number of Topliss-reactive ketones (excluding diaryl/α,β-unsaturated/α-hetero) is 2. The largest absolute Gasteiger partial charge is 0.294 e. The molecule has 12 heteroatoms. The smallest absolute Gasteiger partial charge is 0.261 e. The highest BCUT2D eigenvalue weighted by Crippen LogP contribution is 2.41. The molecule has 8 rings (SSSR count). The van der Waals surface area contributed by atoms with Gasteiger partial charge in [0.05, 0.1) is 40.6 Å². The monoisotopic (exact) mass is 886 g/mol. The summed E-state index contributed by atoms with van der Waals surface area (Å²) in [4.78, 5) is 43.0. The third-order valence-corrected chi connectivity index (χ3v) is 12.3. The maximum absolute atomic E-state index is 13.0. The second kappa shape index (κ2) is 22.8. The first-order chi connectivity index (χ1) is 31.4. The summed E-state index contributed by atoms with van der Waals surface area (Å²) < 4.78 is 25.9. The Kier molecular flexibility index (Phi) is 16.7. The van der Waals surface area contributed by atoms with Crippen LogP contribution < -0.4 is 0 Å². The third kappa shape index (κ3) is 13.6. The molecule has 2 saturated carbocycles. The van der Waals surface area contributed by atoms with Gasteiger partial charge in [0.15, 0.2) is 11.6 Å². The van der Waals surface area contributed by atoms with Gasteiger partial charge in [0.1, 0.15) is 0 Å². The molecule has 0 aliphatic heterocycles. The van der Waals surface area contributed by atoms with Crippen molar-refractivity contribution < 1.29 is 22.6 Å². The van der Waals surface area contributed by atoms with Gasteiger partial charge in [-0.2, -0.15) is 18.9 Å². The topological polar surface area (TPSA) is 188 Å². The lowest BCUT2D eigenvalue weighted by Crippen LogP contribution is -2.19. The van der Waals surface area contributed by atoms with E-state index < -0.39 is 10.1 Å². The quantitative estimate of drug-likeness (QED) is 0.0810. The second-order valence-electron chi connectivity index (χ2n) is 16.8. The number of aromatic nitrogens is 4. The Morgan fingerprint density at radius 3 is 1.20 bits per heavy atom. The lowest BCUT2D eigenvalue weighted by molar-refractivity contribution is 0.0983. The van der Waals surface area contributed by atoms with Crippen molar-refractivity contribution in [2.45, 2.75) is 101 Å². The van der Waals surface area contributed by atoms with Crippen LogP contribution in [0.5, 0.6) is 0 Å². The SMILES string of the molecule is CS(=O)(=O)O.N#CC1(c2ccc(CC(=O)c3cccnc3CCc3ccncc3)cc2)CCCC1.N#CC1(c2ccc(CC(=O)c3cccnc3CCc3ccncc3)cc2)CCCC1. The Morgan fingerprint density at radius 1 is 0.538 bits per heavy atom. The number of aryl methyl sites for hydroxylation is 4. The zero-order chi connectivity index (χ0) is 46.1. The zero-order valence-corrected chi connectivity index (χ0v) is 37.6. The van der Waals surface area contributed by atoms with Gasteiger partial charge in [0, 0.05) is 61.1 Å². The molecule has 332 valence electrons. The van der Waals surface area contributed by atoms with Gasteiger partial charge in [-0.25, -0.2) is 0 Å². The molecule has 1 N–H and O–H groups in total. The number of ketones is 2. The van der Waals surface area contributed by atoms with Gasteiger partial charge < -0.3 is 0 Å². The molecule has 2 aliphatic rings. The zero-order valence-electron chi connectivity index (χ0n) is 36.8. The lowest BCUT2D eigenvalue weighted by atomic mass is 9.80. The Hall–Kier alpha value is -6.73. The standard InChI is InChI=1S/2C26H25N3O.CH4O3S/c2*27-19-26(13-1-2-14-26)22-8-5-21(6-9-22)18-25(30)23-4-3-15-29-24(23)10-7-20-11-16-28-17-12-20;1-5(2,3)4/h2*3-6,8-9,11-12,15-17H,1-2,7,10,13-14,18H2;1H3,(H,2,3,4). The first-order valence-electron chi connectivity index (χ1n) is 22.1. The average molecular weight is 887 g/mol. The summed E-state index contributed by atoms with van der Waals surface area (Å²) in [5, 5.41) is 19.4. The number of hydrogen-bond donors (Lipinski definition) is 1. The van der Waals surface area contributed by atoms with Crippen LogP contribution in [0.4, 0.5) is 0 Å². The van der Waals surface area contributed by atoms with E-state index in [1.165, 1.54) is 11.1 Å². The van der Waals surface area contributed by atoms with Crippen molar-refractivity contribution in [1.29, 1.82) is 10.5 Å². The Labute approximate surface area is 382 Å². The highest BCUT2D eigenvalue weighted by Gasteiger charge is 2.36. The van der Waals surface area contributed by atoms with E-state index >= 15 is 0 Å². The highest BCUT2D eigenvalue weighted by molar-refractivity contribution is 7.85. The van der Waals surface area contributed by atoms with E-state index in [4.69, 9.17) is 4.55 Å². The van der Waals surface area contributed by atoms with Crippen molar-refractivity contribution in [3.63, 3.8) is 0 Å². The van der Waals surface area contributed by atoms with Crippen molar-refractivity contribution in [3.8, 4) is 12.1 Å². The van der Waals surface area contributed by atoms with E-state index in [2.05, 4.69) is 32.1 Å². The number of rotatable bonds is 14. The van der Waals surface area contributed by atoms with Crippen LogP contribution in [0.15, 0.2) is 134 Å². The first kappa shape index (κ1) is 47.7. The fourth-order valence-corrected chi connectivity index (χ4v) is 8.74. The summed E-state index contributed by atoms with van der Waals surface area (Å²) >= 11 is 0. The molecule has 0 amide bonds. The molecule has 0 radical (unpaired) electrons. The Bertz CT molecular complexity index is 2520. The van der Waals surface area contributed by atoms with Crippen molar-refractivity contribution >= 4 is 21.7 Å². The van der Waals surface area contributed by atoms with Crippen molar-refractivity contribution in [3.05, 3.63) is 190 Å². The number of carbonyl (C=O) groups excluding carboxylic acids is 2. The van der Waals surface area contributed by atoms with Gasteiger partial charge in [-0.05, 0) is 133 Å². The van der Waals surface area contributed by atoms with Crippen molar-refractivity contribution in [2.75, 3.05) is 6.26 Å². The molecular weight excluding hydrogens is 833 g/mol. The number of benzene rings is 2. The summed E-state index contributed by atoms with van der Waals surface area (Å²) in [6.45, 7) is 0. The van der Waals surface area contributed by atoms with Crippen molar-refractivity contribution in [1.82, 2.24) is 19.9 Å². The lowest BCUT2D eigenvalue weighted by Gasteiger charge is -2.20. The summed E-state index contributed by atoms with van der Waals surface area (Å²) in [5.74, 6) is 0.160. The molecule has 0 spiro atoms. The van der Waals surface area contributed by atoms with E-state index in [1.54, 1.807) is 37.2 Å². The normalized spacial score (nSPS) is 14.6. The number of pyridine rings is 4. The van der Waals surface area contributed by atoms with E-state index in [1.807, 2.05) is 97.1 Å². The van der Waals surface area contributed by atoms with E-state index in [-0.39, 0.29) is 22.4 Å². The molecule has 2 fully saturated rings. The van der Waals surface area contributed by atoms with Crippen LogP contribution in [0.25, 0.3) is 0 Å². The number of nitriles is 2. The molecule has 0 atom stereocenters. The minimum atomic E-state index is -3.67. The molecule has 4 heterocycles. The summed E-state index contributed by atoms with van der Waals surface area (Å²) in [6.07, 6.45) is 23.3. The molecule has 65 heavy (non-hydrogen) atoms. The Morgan fingerprint density at radius 2 is 0.877 bits per heavy atom. The Balaban J connectivity index is 0.000000195. The van der Waals surface area contributed by atoms with Crippen LogP contribution in [0, 0.1) is 22.7 Å². The summed E-state index contributed by atoms with van der Waals surface area (Å²) in [6, 6.07) is 36.5. The molecule has 0 unspecified atom stereocenters. The van der Waals surface area contributed by atoms with Gasteiger partial charge >= 0.3 is 0 Å². The predicted molar refractivity (Wildman–Crippen MR) is 250 cm³/mol. The predicted octanol–water partition coefficient (Wildman–Crippen LogP) is 9.55. The maximum Gasteiger partial charge on any atom is 0.261 e. The van der Waals surface area contributed by atoms with E-state index in [0.29, 0.717) is 30.2 Å². The summed E-state index contributed by atoms with van der Waals surface area (Å²) in [7, 11) is -3.67.